The molecule has 0 spiro atoms. The van der Waals surface area contributed by atoms with E-state index in [1.165, 1.54) is 30.4 Å². The van der Waals surface area contributed by atoms with Crippen LogP contribution in [0.5, 0.6) is 5.75 Å². The van der Waals surface area contributed by atoms with Crippen molar-refractivity contribution in [2.45, 2.75) is 65.7 Å². The molecule has 0 N–H and O–H groups in total. The molecule has 0 radical (unpaired) electrons. The Bertz CT molecular complexity index is 762. The van der Waals surface area contributed by atoms with Crippen molar-refractivity contribution in [2.24, 2.45) is 0 Å². The topological polar surface area (TPSA) is 33.5 Å². The fourth-order valence-electron chi connectivity index (χ4n) is 4.36. The van der Waals surface area contributed by atoms with Gasteiger partial charge in [0.15, 0.2) is 0 Å². The van der Waals surface area contributed by atoms with Gasteiger partial charge in [0, 0.05) is 68.5 Å². The van der Waals surface area contributed by atoms with E-state index in [4.69, 9.17) is 4.74 Å². The van der Waals surface area contributed by atoms with Crippen molar-refractivity contribution < 1.29 is 4.74 Å². The number of methoxy groups -OCH3 is 1. The lowest BCUT2D eigenvalue weighted by atomic mass is 10.0. The molecule has 0 amide bonds. The van der Waals surface area contributed by atoms with Crippen LogP contribution in [0.4, 0.5) is 0 Å². The summed E-state index contributed by atoms with van der Waals surface area (Å²) in [6.07, 6.45) is 10.1. The second kappa shape index (κ2) is 9.57. The van der Waals surface area contributed by atoms with Crippen LogP contribution in [-0.4, -0.2) is 52.6 Å². The molecular formula is C23H36N4O. The van der Waals surface area contributed by atoms with Gasteiger partial charge in [-0.15, -0.1) is 0 Å². The van der Waals surface area contributed by atoms with Crippen LogP contribution in [0.1, 0.15) is 48.6 Å². The Balaban J connectivity index is 1.51. The number of hydrogen-bond acceptors (Lipinski definition) is 4. The fourth-order valence-corrected chi connectivity index (χ4v) is 4.36. The van der Waals surface area contributed by atoms with Crippen molar-refractivity contribution in [1.82, 2.24) is 19.4 Å². The summed E-state index contributed by atoms with van der Waals surface area (Å²) in [5.41, 5.74) is 4.85. The minimum atomic E-state index is 0.660. The van der Waals surface area contributed by atoms with Gasteiger partial charge in [-0.2, -0.15) is 0 Å². The molecule has 5 nitrogen and oxygen atoms in total. The molecule has 2 aromatic rings. The number of piperidine rings is 1. The Hall–Kier alpha value is -1.85. The van der Waals surface area contributed by atoms with Crippen LogP contribution in [0.15, 0.2) is 24.7 Å². The van der Waals surface area contributed by atoms with Crippen molar-refractivity contribution in [1.29, 1.82) is 0 Å². The minimum Gasteiger partial charge on any atom is -0.496 e. The molecule has 0 atom stereocenters. The molecular weight excluding hydrogens is 348 g/mol. The fraction of sp³-hybridized carbons (Fsp3) is 0.609. The van der Waals surface area contributed by atoms with Crippen LogP contribution < -0.4 is 4.74 Å². The smallest absolute Gasteiger partial charge is 0.128 e. The molecule has 1 saturated heterocycles. The summed E-state index contributed by atoms with van der Waals surface area (Å²) in [6.45, 7) is 11.7. The Morgan fingerprint density at radius 3 is 2.68 bits per heavy atom. The van der Waals surface area contributed by atoms with Crippen molar-refractivity contribution in [3.8, 4) is 5.75 Å². The molecule has 1 aliphatic rings. The Morgan fingerprint density at radius 2 is 2.00 bits per heavy atom. The summed E-state index contributed by atoms with van der Waals surface area (Å²) in [5, 5.41) is 0. The molecule has 0 unspecified atom stereocenters. The summed E-state index contributed by atoms with van der Waals surface area (Å²) in [6, 6.07) is 2.92. The highest BCUT2D eigenvalue weighted by molar-refractivity contribution is 5.41. The summed E-state index contributed by atoms with van der Waals surface area (Å²) in [7, 11) is 4.02. The number of aromatic nitrogens is 2. The van der Waals surface area contributed by atoms with Crippen molar-refractivity contribution in [3.63, 3.8) is 0 Å². The first-order valence-corrected chi connectivity index (χ1v) is 10.6. The van der Waals surface area contributed by atoms with Gasteiger partial charge >= 0.3 is 0 Å². The van der Waals surface area contributed by atoms with Gasteiger partial charge in [0.05, 0.1) is 12.8 Å². The van der Waals surface area contributed by atoms with Crippen molar-refractivity contribution in [3.05, 3.63) is 47.0 Å². The zero-order valence-electron chi connectivity index (χ0n) is 18.2. The lowest BCUT2D eigenvalue weighted by Crippen LogP contribution is -2.42. The van der Waals surface area contributed by atoms with E-state index in [1.807, 2.05) is 6.20 Å². The van der Waals surface area contributed by atoms with Gasteiger partial charge < -0.3 is 9.30 Å². The quantitative estimate of drug-likeness (QED) is 0.688. The normalized spacial score (nSPS) is 16.1. The first-order valence-electron chi connectivity index (χ1n) is 10.6. The van der Waals surface area contributed by atoms with Gasteiger partial charge in [0.1, 0.15) is 5.75 Å². The highest BCUT2D eigenvalue weighted by Crippen LogP contribution is 2.26. The maximum absolute atomic E-state index is 5.56. The van der Waals surface area contributed by atoms with Crippen LogP contribution in [0.2, 0.25) is 0 Å². The maximum atomic E-state index is 5.56. The predicted octanol–water partition coefficient (Wildman–Crippen LogP) is 4.01. The van der Waals surface area contributed by atoms with Gasteiger partial charge in [-0.25, -0.2) is 0 Å². The summed E-state index contributed by atoms with van der Waals surface area (Å²) in [5.74, 6) is 0.981. The van der Waals surface area contributed by atoms with Crippen LogP contribution >= 0.6 is 0 Å². The van der Waals surface area contributed by atoms with Crippen molar-refractivity contribution >= 4 is 0 Å². The molecule has 0 aromatic carbocycles. The average molecular weight is 385 g/mol. The molecule has 0 aliphatic carbocycles. The number of likely N-dealkylation sites (tertiary alicyclic amines) is 1. The van der Waals surface area contributed by atoms with Crippen LogP contribution in [0.3, 0.4) is 0 Å². The Labute approximate surface area is 170 Å². The van der Waals surface area contributed by atoms with Crippen LogP contribution in [0, 0.1) is 13.8 Å². The van der Waals surface area contributed by atoms with E-state index in [0.717, 1.165) is 49.7 Å². The van der Waals surface area contributed by atoms with E-state index < -0.39 is 0 Å². The van der Waals surface area contributed by atoms with E-state index in [0.29, 0.717) is 6.04 Å². The number of rotatable bonds is 8. The number of aryl methyl sites for hydroxylation is 2. The standard InChI is InChI=1S/C23H36N4O/c1-6-10-26-11-7-20(16-26)15-25(4)21-8-12-27(13-9-21)17-22-19(3)23(28-5)18(2)14-24-22/h7,11,14,16,21H,6,8-10,12-13,15,17H2,1-5H3. The number of nitrogens with zero attached hydrogens (tertiary/aromatic N) is 4. The number of ether oxygens (including phenoxy) is 1. The maximum Gasteiger partial charge on any atom is 0.128 e. The SMILES string of the molecule is CCCn1ccc(CN(C)C2CCN(Cc3ncc(C)c(OC)c3C)CC2)c1. The third-order valence-corrected chi connectivity index (χ3v) is 6.03. The molecule has 5 heteroatoms. The molecule has 28 heavy (non-hydrogen) atoms. The average Bonchev–Trinajstić information content (AvgIpc) is 3.12. The van der Waals surface area contributed by atoms with Crippen LogP contribution in [-0.2, 0) is 19.6 Å². The zero-order valence-corrected chi connectivity index (χ0v) is 18.2. The van der Waals surface area contributed by atoms with Crippen molar-refractivity contribution in [2.75, 3.05) is 27.2 Å². The molecule has 3 heterocycles. The first kappa shape index (κ1) is 20.9. The molecule has 154 valence electrons. The predicted molar refractivity (Wildman–Crippen MR) is 115 cm³/mol. The Kier molecular flexibility index (Phi) is 7.13. The highest BCUT2D eigenvalue weighted by atomic mass is 16.5. The lowest BCUT2D eigenvalue weighted by molar-refractivity contribution is 0.118. The van der Waals surface area contributed by atoms with Gasteiger partial charge in [0.25, 0.3) is 0 Å². The second-order valence-corrected chi connectivity index (χ2v) is 8.23. The van der Waals surface area contributed by atoms with E-state index in [9.17, 15) is 0 Å². The van der Waals surface area contributed by atoms with E-state index in [2.05, 4.69) is 65.6 Å². The van der Waals surface area contributed by atoms with E-state index >= 15 is 0 Å². The van der Waals surface area contributed by atoms with Gasteiger partial charge in [0.2, 0.25) is 0 Å². The zero-order chi connectivity index (χ0) is 20.1. The molecule has 0 saturated carbocycles. The van der Waals surface area contributed by atoms with Gasteiger partial charge in [-0.3, -0.25) is 14.8 Å². The highest BCUT2D eigenvalue weighted by Gasteiger charge is 2.23. The first-order chi connectivity index (χ1) is 13.5. The minimum absolute atomic E-state index is 0.660. The molecule has 0 bridgehead atoms. The number of hydrogen-bond donors (Lipinski definition) is 0. The van der Waals surface area contributed by atoms with E-state index in [-0.39, 0.29) is 0 Å². The molecule has 1 aliphatic heterocycles. The van der Waals surface area contributed by atoms with Crippen LogP contribution in [0.25, 0.3) is 0 Å². The summed E-state index contributed by atoms with van der Waals surface area (Å²) < 4.78 is 7.86. The van der Waals surface area contributed by atoms with Gasteiger partial charge in [-0.1, -0.05) is 6.92 Å². The molecule has 1 fully saturated rings. The summed E-state index contributed by atoms with van der Waals surface area (Å²) in [4.78, 5) is 9.74. The monoisotopic (exact) mass is 384 g/mol. The lowest BCUT2D eigenvalue weighted by Gasteiger charge is -2.36. The van der Waals surface area contributed by atoms with E-state index in [1.54, 1.807) is 7.11 Å². The second-order valence-electron chi connectivity index (χ2n) is 8.23. The van der Waals surface area contributed by atoms with Gasteiger partial charge in [-0.05, 0) is 51.8 Å². The number of pyridine rings is 1. The third kappa shape index (κ3) is 4.95. The largest absolute Gasteiger partial charge is 0.496 e. The molecule has 3 rings (SSSR count). The summed E-state index contributed by atoms with van der Waals surface area (Å²) >= 11 is 0. The molecule has 2 aromatic heterocycles. The Morgan fingerprint density at radius 1 is 1.25 bits per heavy atom. The third-order valence-electron chi connectivity index (χ3n) is 6.03.